The second-order valence-corrected chi connectivity index (χ2v) is 5.11. The number of carbonyl (C=O) groups excluding carboxylic acids is 1. The highest BCUT2D eigenvalue weighted by molar-refractivity contribution is 5.90. The Hall–Kier alpha value is -2.53. The van der Waals surface area contributed by atoms with Gasteiger partial charge in [0.1, 0.15) is 5.75 Å². The van der Waals surface area contributed by atoms with Crippen molar-refractivity contribution in [2.45, 2.75) is 19.4 Å². The molecule has 0 aliphatic carbocycles. The van der Waals surface area contributed by atoms with Gasteiger partial charge in [0.25, 0.3) is 0 Å². The van der Waals surface area contributed by atoms with Gasteiger partial charge in [-0.1, -0.05) is 42.5 Å². The number of aliphatic hydroxyl groups is 1. The van der Waals surface area contributed by atoms with E-state index in [1.807, 2.05) is 49.4 Å². The molecular weight excluding hydrogens is 292 g/mol. The molecule has 0 spiro atoms. The number of rotatable bonds is 7. The summed E-state index contributed by atoms with van der Waals surface area (Å²) in [6.45, 7) is 2.59. The van der Waals surface area contributed by atoms with Crippen LogP contribution in [0.2, 0.25) is 0 Å². The number of hydrogen-bond donors (Lipinski definition) is 3. The van der Waals surface area contributed by atoms with E-state index in [2.05, 4.69) is 10.6 Å². The summed E-state index contributed by atoms with van der Waals surface area (Å²) in [6, 6.07) is 16.5. The lowest BCUT2D eigenvalue weighted by Crippen LogP contribution is -2.36. The summed E-state index contributed by atoms with van der Waals surface area (Å²) >= 11 is 0. The molecule has 3 N–H and O–H groups in total. The second kappa shape index (κ2) is 8.80. The average Bonchev–Trinajstić information content (AvgIpc) is 2.56. The maximum atomic E-state index is 11.9. The number of urea groups is 1. The van der Waals surface area contributed by atoms with Crippen molar-refractivity contribution in [1.82, 2.24) is 5.32 Å². The van der Waals surface area contributed by atoms with Crippen LogP contribution in [0.3, 0.4) is 0 Å². The van der Waals surface area contributed by atoms with Crippen LogP contribution in [0.5, 0.6) is 5.75 Å². The van der Waals surface area contributed by atoms with Crippen molar-refractivity contribution < 1.29 is 14.6 Å². The Morgan fingerprint density at radius 2 is 1.83 bits per heavy atom. The molecule has 5 nitrogen and oxygen atoms in total. The first kappa shape index (κ1) is 16.8. The van der Waals surface area contributed by atoms with E-state index in [0.717, 1.165) is 5.56 Å². The fraction of sp³-hybridized carbons (Fsp3) is 0.278. The summed E-state index contributed by atoms with van der Waals surface area (Å²) in [5.74, 6) is 0.620. The smallest absolute Gasteiger partial charge is 0.319 e. The molecule has 0 saturated heterocycles. The van der Waals surface area contributed by atoms with Gasteiger partial charge in [-0.3, -0.25) is 0 Å². The van der Waals surface area contributed by atoms with Crippen LogP contribution in [0.4, 0.5) is 10.5 Å². The SMILES string of the molecule is CCOc1ccccc1NC(=O)NCC(O)Cc1ccccc1. The average molecular weight is 314 g/mol. The fourth-order valence-electron chi connectivity index (χ4n) is 2.19. The molecule has 0 fully saturated rings. The molecule has 1 atom stereocenters. The largest absolute Gasteiger partial charge is 0.492 e. The van der Waals surface area contributed by atoms with Gasteiger partial charge in [0.05, 0.1) is 18.4 Å². The number of hydrogen-bond acceptors (Lipinski definition) is 3. The van der Waals surface area contributed by atoms with Crippen LogP contribution in [0.15, 0.2) is 54.6 Å². The van der Waals surface area contributed by atoms with Gasteiger partial charge in [0.2, 0.25) is 0 Å². The third-order valence-corrected chi connectivity index (χ3v) is 3.25. The summed E-state index contributed by atoms with van der Waals surface area (Å²) in [5, 5.41) is 15.4. The van der Waals surface area contributed by atoms with E-state index in [-0.39, 0.29) is 12.6 Å². The van der Waals surface area contributed by atoms with Gasteiger partial charge in [-0.05, 0) is 24.6 Å². The predicted molar refractivity (Wildman–Crippen MR) is 90.8 cm³/mol. The first-order chi connectivity index (χ1) is 11.2. The minimum atomic E-state index is -0.634. The highest BCUT2D eigenvalue weighted by Gasteiger charge is 2.10. The molecule has 2 aromatic rings. The highest BCUT2D eigenvalue weighted by atomic mass is 16.5. The van der Waals surface area contributed by atoms with Gasteiger partial charge in [-0.25, -0.2) is 4.79 Å². The number of amides is 2. The van der Waals surface area contributed by atoms with Gasteiger partial charge in [-0.2, -0.15) is 0 Å². The van der Waals surface area contributed by atoms with E-state index in [9.17, 15) is 9.90 Å². The molecule has 0 aliphatic rings. The lowest BCUT2D eigenvalue weighted by Gasteiger charge is -2.14. The number of nitrogens with one attached hydrogen (secondary N) is 2. The Morgan fingerprint density at radius 1 is 1.13 bits per heavy atom. The maximum Gasteiger partial charge on any atom is 0.319 e. The van der Waals surface area contributed by atoms with Crippen LogP contribution in [0.25, 0.3) is 0 Å². The van der Waals surface area contributed by atoms with Crippen LogP contribution < -0.4 is 15.4 Å². The fourth-order valence-corrected chi connectivity index (χ4v) is 2.19. The van der Waals surface area contributed by atoms with Crippen molar-refractivity contribution >= 4 is 11.7 Å². The zero-order chi connectivity index (χ0) is 16.5. The minimum Gasteiger partial charge on any atom is -0.492 e. The van der Waals surface area contributed by atoms with Crippen LogP contribution in [-0.2, 0) is 6.42 Å². The van der Waals surface area contributed by atoms with E-state index in [0.29, 0.717) is 24.5 Å². The molecule has 2 rings (SSSR count). The predicted octanol–water partition coefficient (Wildman–Crippen LogP) is 2.81. The van der Waals surface area contributed by atoms with Gasteiger partial charge in [0.15, 0.2) is 0 Å². The molecule has 1 unspecified atom stereocenters. The van der Waals surface area contributed by atoms with Gasteiger partial charge in [0, 0.05) is 13.0 Å². The van der Waals surface area contributed by atoms with E-state index in [1.54, 1.807) is 12.1 Å². The highest BCUT2D eigenvalue weighted by Crippen LogP contribution is 2.23. The lowest BCUT2D eigenvalue weighted by atomic mass is 10.1. The van der Waals surface area contributed by atoms with E-state index >= 15 is 0 Å². The number of para-hydroxylation sites is 2. The Balaban J connectivity index is 1.81. The van der Waals surface area contributed by atoms with Crippen molar-refractivity contribution in [1.29, 1.82) is 0 Å². The van der Waals surface area contributed by atoms with Gasteiger partial charge < -0.3 is 20.5 Å². The molecule has 0 aromatic heterocycles. The minimum absolute atomic E-state index is 0.178. The van der Waals surface area contributed by atoms with Crippen molar-refractivity contribution in [2.75, 3.05) is 18.5 Å². The summed E-state index contributed by atoms with van der Waals surface area (Å²) in [5.41, 5.74) is 1.63. The van der Waals surface area contributed by atoms with E-state index < -0.39 is 6.10 Å². The first-order valence-corrected chi connectivity index (χ1v) is 7.67. The molecule has 0 bridgehead atoms. The molecular formula is C18H22N2O3. The number of carbonyl (C=O) groups is 1. The maximum absolute atomic E-state index is 11.9. The third-order valence-electron chi connectivity index (χ3n) is 3.25. The first-order valence-electron chi connectivity index (χ1n) is 7.67. The zero-order valence-electron chi connectivity index (χ0n) is 13.2. The van der Waals surface area contributed by atoms with Crippen LogP contribution in [0.1, 0.15) is 12.5 Å². The summed E-state index contributed by atoms with van der Waals surface area (Å²) in [7, 11) is 0. The Kier molecular flexibility index (Phi) is 6.44. The van der Waals surface area contributed by atoms with Crippen molar-refractivity contribution in [3.8, 4) is 5.75 Å². The summed E-state index contributed by atoms with van der Waals surface area (Å²) in [4.78, 5) is 11.9. The monoisotopic (exact) mass is 314 g/mol. The molecule has 2 amide bonds. The van der Waals surface area contributed by atoms with Crippen LogP contribution >= 0.6 is 0 Å². The molecule has 0 saturated carbocycles. The summed E-state index contributed by atoms with van der Waals surface area (Å²) < 4.78 is 5.45. The quantitative estimate of drug-likeness (QED) is 0.736. The molecule has 2 aromatic carbocycles. The molecule has 122 valence electrons. The standard InChI is InChI=1S/C18H22N2O3/c1-2-23-17-11-7-6-10-16(17)20-18(22)19-13-15(21)12-14-8-4-3-5-9-14/h3-11,15,21H,2,12-13H2,1H3,(H2,19,20,22). The second-order valence-electron chi connectivity index (χ2n) is 5.11. The molecule has 0 aliphatic heterocycles. The summed E-state index contributed by atoms with van der Waals surface area (Å²) in [6.07, 6.45) is -0.137. The van der Waals surface area contributed by atoms with Crippen LogP contribution in [0, 0.1) is 0 Å². The molecule has 0 heterocycles. The van der Waals surface area contributed by atoms with Gasteiger partial charge >= 0.3 is 6.03 Å². The van der Waals surface area contributed by atoms with E-state index in [1.165, 1.54) is 0 Å². The third kappa shape index (κ3) is 5.64. The Labute approximate surface area is 136 Å². The number of aliphatic hydroxyl groups excluding tert-OH is 1. The normalized spacial score (nSPS) is 11.6. The Bertz CT molecular complexity index is 617. The van der Waals surface area contributed by atoms with E-state index in [4.69, 9.17) is 4.74 Å². The zero-order valence-corrected chi connectivity index (χ0v) is 13.2. The van der Waals surface area contributed by atoms with Crippen molar-refractivity contribution in [3.63, 3.8) is 0 Å². The topological polar surface area (TPSA) is 70.6 Å². The van der Waals surface area contributed by atoms with Gasteiger partial charge in [-0.15, -0.1) is 0 Å². The molecule has 5 heteroatoms. The van der Waals surface area contributed by atoms with Crippen molar-refractivity contribution in [3.05, 3.63) is 60.2 Å². The Morgan fingerprint density at radius 3 is 2.57 bits per heavy atom. The molecule has 0 radical (unpaired) electrons. The number of anilines is 1. The van der Waals surface area contributed by atoms with Crippen LogP contribution in [-0.4, -0.2) is 30.4 Å². The number of ether oxygens (including phenoxy) is 1. The molecule has 23 heavy (non-hydrogen) atoms. The number of benzene rings is 2. The lowest BCUT2D eigenvalue weighted by molar-refractivity contribution is 0.172. The van der Waals surface area contributed by atoms with Crippen molar-refractivity contribution in [2.24, 2.45) is 0 Å².